The maximum Gasteiger partial charge on any atom is 0.247 e. The molecule has 3 aromatic rings. The lowest BCUT2D eigenvalue weighted by Crippen LogP contribution is -2.45. The lowest BCUT2D eigenvalue weighted by Gasteiger charge is -2.37. The molecule has 7 heteroatoms. The number of rotatable bonds is 5. The average molecular weight is 412 g/mol. The van der Waals surface area contributed by atoms with Crippen LogP contribution in [0.4, 0.5) is 5.82 Å². The van der Waals surface area contributed by atoms with Crippen molar-refractivity contribution in [2.24, 2.45) is 0 Å². The molecule has 1 saturated heterocycles. The molecule has 2 atom stereocenters. The van der Waals surface area contributed by atoms with Crippen LogP contribution in [0.5, 0.6) is 0 Å². The maximum absolute atomic E-state index is 13.2. The molecule has 0 aliphatic carbocycles. The first-order valence-electron chi connectivity index (χ1n) is 9.50. The summed E-state index contributed by atoms with van der Waals surface area (Å²) in [6, 6.07) is 18.6. The van der Waals surface area contributed by atoms with Gasteiger partial charge in [0.05, 0.1) is 12.7 Å². The Morgan fingerprint density at radius 3 is 2.66 bits per heavy atom. The van der Waals surface area contributed by atoms with Gasteiger partial charge >= 0.3 is 0 Å². The Bertz CT molecular complexity index is 959. The zero-order valence-electron chi connectivity index (χ0n) is 16.0. The van der Waals surface area contributed by atoms with Crippen LogP contribution >= 0.6 is 11.6 Å². The molecule has 2 heterocycles. The number of benzene rings is 2. The summed E-state index contributed by atoms with van der Waals surface area (Å²) in [6.45, 7) is 3.56. The largest absolute Gasteiger partial charge is 0.371 e. The fourth-order valence-electron chi connectivity index (χ4n) is 3.57. The van der Waals surface area contributed by atoms with Gasteiger partial charge in [0.2, 0.25) is 5.91 Å². The van der Waals surface area contributed by atoms with E-state index in [1.807, 2.05) is 54.6 Å². The van der Waals surface area contributed by atoms with E-state index in [2.05, 4.69) is 15.4 Å². The molecular formula is C22H22ClN3O3. The first kappa shape index (κ1) is 19.6. The summed E-state index contributed by atoms with van der Waals surface area (Å²) in [6.07, 6.45) is -0.130. The molecule has 1 aliphatic rings. The Morgan fingerprint density at radius 1 is 1.21 bits per heavy atom. The van der Waals surface area contributed by atoms with Gasteiger partial charge in [-0.25, -0.2) is 0 Å². The highest BCUT2D eigenvalue weighted by atomic mass is 35.5. The number of morpholine rings is 1. The number of ether oxygens (including phenoxy) is 1. The summed E-state index contributed by atoms with van der Waals surface area (Å²) in [5.41, 5.74) is 1.96. The quantitative estimate of drug-likeness (QED) is 0.674. The number of aryl methyl sites for hydroxylation is 1. The Kier molecular flexibility index (Phi) is 5.94. The molecule has 0 saturated carbocycles. The van der Waals surface area contributed by atoms with E-state index in [-0.39, 0.29) is 12.0 Å². The standard InChI is InChI=1S/C22H22ClN3O3/c1-15-13-20(25-29-15)24-22(27)21(17-5-3-2-4-6-17)26-11-12-28-19(14-26)16-7-9-18(23)10-8-16/h2-10,13,19,21H,11-12,14H2,1H3,(H,24,25,27)/t19-,21-/m0/s1. The van der Waals surface area contributed by atoms with Crippen LogP contribution in [0.2, 0.25) is 5.02 Å². The first-order chi connectivity index (χ1) is 14.1. The third-order valence-electron chi connectivity index (χ3n) is 4.95. The number of carbonyl (C=O) groups is 1. The highest BCUT2D eigenvalue weighted by Gasteiger charge is 2.33. The molecule has 2 aromatic carbocycles. The fraction of sp³-hybridized carbons (Fsp3) is 0.273. The molecular weight excluding hydrogens is 390 g/mol. The van der Waals surface area contributed by atoms with Gasteiger partial charge in [-0.05, 0) is 30.2 Å². The monoisotopic (exact) mass is 411 g/mol. The minimum absolute atomic E-state index is 0.130. The van der Waals surface area contributed by atoms with Gasteiger partial charge in [0.15, 0.2) is 5.82 Å². The topological polar surface area (TPSA) is 67.6 Å². The molecule has 29 heavy (non-hydrogen) atoms. The molecule has 150 valence electrons. The van der Waals surface area contributed by atoms with Crippen LogP contribution in [-0.4, -0.2) is 35.7 Å². The van der Waals surface area contributed by atoms with E-state index in [9.17, 15) is 4.79 Å². The Hall–Kier alpha value is -2.67. The molecule has 1 aliphatic heterocycles. The van der Waals surface area contributed by atoms with Crippen LogP contribution in [0, 0.1) is 6.92 Å². The Balaban J connectivity index is 1.58. The zero-order chi connectivity index (χ0) is 20.2. The minimum Gasteiger partial charge on any atom is -0.371 e. The number of halogens is 1. The van der Waals surface area contributed by atoms with Crippen LogP contribution in [0.15, 0.2) is 65.2 Å². The number of amides is 1. The second-order valence-electron chi connectivity index (χ2n) is 7.03. The van der Waals surface area contributed by atoms with Crippen molar-refractivity contribution in [3.8, 4) is 0 Å². The van der Waals surface area contributed by atoms with Crippen molar-refractivity contribution in [1.82, 2.24) is 10.1 Å². The van der Waals surface area contributed by atoms with Crippen molar-refractivity contribution in [2.45, 2.75) is 19.1 Å². The Morgan fingerprint density at radius 2 is 1.97 bits per heavy atom. The summed E-state index contributed by atoms with van der Waals surface area (Å²) in [7, 11) is 0. The number of hydrogen-bond acceptors (Lipinski definition) is 5. The van der Waals surface area contributed by atoms with Gasteiger partial charge in [-0.3, -0.25) is 9.69 Å². The molecule has 6 nitrogen and oxygen atoms in total. The van der Waals surface area contributed by atoms with Crippen LogP contribution in [0.25, 0.3) is 0 Å². The van der Waals surface area contributed by atoms with Crippen molar-refractivity contribution in [3.63, 3.8) is 0 Å². The lowest BCUT2D eigenvalue weighted by molar-refractivity contribution is -0.125. The van der Waals surface area contributed by atoms with Crippen molar-refractivity contribution in [3.05, 3.63) is 82.6 Å². The average Bonchev–Trinajstić information content (AvgIpc) is 3.14. The van der Waals surface area contributed by atoms with E-state index < -0.39 is 6.04 Å². The van der Waals surface area contributed by atoms with Crippen LogP contribution in [0.1, 0.15) is 29.0 Å². The lowest BCUT2D eigenvalue weighted by atomic mass is 10.0. The third kappa shape index (κ3) is 4.67. The van der Waals surface area contributed by atoms with Gasteiger partial charge < -0.3 is 14.6 Å². The molecule has 1 amide bonds. The van der Waals surface area contributed by atoms with Crippen LogP contribution in [-0.2, 0) is 9.53 Å². The SMILES string of the molecule is Cc1cc(NC(=O)[C@H](c2ccccc2)N2CCO[C@H](c3ccc(Cl)cc3)C2)no1. The summed E-state index contributed by atoms with van der Waals surface area (Å²) in [4.78, 5) is 15.4. The van der Waals surface area contributed by atoms with Gasteiger partial charge in [-0.15, -0.1) is 0 Å². The second kappa shape index (κ2) is 8.78. The van der Waals surface area contributed by atoms with E-state index in [1.54, 1.807) is 13.0 Å². The predicted molar refractivity (Wildman–Crippen MR) is 111 cm³/mol. The first-order valence-corrected chi connectivity index (χ1v) is 9.88. The highest BCUT2D eigenvalue weighted by Crippen LogP contribution is 2.30. The highest BCUT2D eigenvalue weighted by molar-refractivity contribution is 6.30. The van der Waals surface area contributed by atoms with E-state index in [0.29, 0.717) is 36.3 Å². The number of carbonyl (C=O) groups excluding carboxylic acids is 1. The van der Waals surface area contributed by atoms with Gasteiger partial charge in [-0.1, -0.05) is 59.2 Å². The minimum atomic E-state index is -0.466. The second-order valence-corrected chi connectivity index (χ2v) is 7.47. The smallest absolute Gasteiger partial charge is 0.247 e. The van der Waals surface area contributed by atoms with Gasteiger partial charge in [-0.2, -0.15) is 0 Å². The van der Waals surface area contributed by atoms with E-state index >= 15 is 0 Å². The zero-order valence-corrected chi connectivity index (χ0v) is 16.8. The van der Waals surface area contributed by atoms with Crippen molar-refractivity contribution >= 4 is 23.3 Å². The van der Waals surface area contributed by atoms with Gasteiger partial charge in [0, 0.05) is 24.2 Å². The Labute approximate surface area is 174 Å². The van der Waals surface area contributed by atoms with Crippen molar-refractivity contribution in [1.29, 1.82) is 0 Å². The van der Waals surface area contributed by atoms with Gasteiger partial charge in [0.1, 0.15) is 11.8 Å². The predicted octanol–water partition coefficient (Wildman–Crippen LogP) is 4.39. The molecule has 1 fully saturated rings. The summed E-state index contributed by atoms with van der Waals surface area (Å²) in [5, 5.41) is 7.45. The molecule has 1 aromatic heterocycles. The van der Waals surface area contributed by atoms with Crippen LogP contribution in [0.3, 0.4) is 0 Å². The summed E-state index contributed by atoms with van der Waals surface area (Å²) in [5.74, 6) is 0.905. The van der Waals surface area contributed by atoms with E-state index in [4.69, 9.17) is 20.9 Å². The maximum atomic E-state index is 13.2. The number of hydrogen-bond donors (Lipinski definition) is 1. The number of anilines is 1. The summed E-state index contributed by atoms with van der Waals surface area (Å²) >= 11 is 6.01. The third-order valence-corrected chi connectivity index (χ3v) is 5.20. The number of nitrogens with zero attached hydrogens (tertiary/aromatic N) is 2. The fourth-order valence-corrected chi connectivity index (χ4v) is 3.69. The molecule has 4 rings (SSSR count). The van der Waals surface area contributed by atoms with E-state index in [0.717, 1.165) is 11.1 Å². The molecule has 0 bridgehead atoms. The molecule has 1 N–H and O–H groups in total. The molecule has 0 spiro atoms. The van der Waals surface area contributed by atoms with E-state index in [1.165, 1.54) is 0 Å². The van der Waals surface area contributed by atoms with Crippen molar-refractivity contribution in [2.75, 3.05) is 25.0 Å². The molecule has 0 unspecified atom stereocenters. The van der Waals surface area contributed by atoms with Crippen molar-refractivity contribution < 1.29 is 14.1 Å². The molecule has 0 radical (unpaired) electrons. The van der Waals surface area contributed by atoms with Gasteiger partial charge in [0.25, 0.3) is 0 Å². The normalized spacial score (nSPS) is 18.3. The summed E-state index contributed by atoms with van der Waals surface area (Å²) < 4.78 is 11.0. The van der Waals surface area contributed by atoms with Crippen LogP contribution < -0.4 is 5.32 Å². The number of nitrogens with one attached hydrogen (secondary N) is 1. The number of aromatic nitrogens is 1.